The van der Waals surface area contributed by atoms with E-state index in [2.05, 4.69) is 0 Å². The third-order valence-corrected chi connectivity index (χ3v) is 9.20. The molecule has 0 heterocycles. The van der Waals surface area contributed by atoms with Gasteiger partial charge in [-0.3, -0.25) is 9.59 Å². The highest BCUT2D eigenvalue weighted by molar-refractivity contribution is 5.67. The summed E-state index contributed by atoms with van der Waals surface area (Å²) in [7, 11) is 0. The molecule has 1 spiro atoms. The van der Waals surface area contributed by atoms with Crippen LogP contribution in [0.2, 0.25) is 0 Å². The monoisotopic (exact) mass is 436 g/mol. The van der Waals surface area contributed by atoms with Gasteiger partial charge in [-0.25, -0.2) is 0 Å². The molecule has 4 aliphatic carbocycles. The van der Waals surface area contributed by atoms with Gasteiger partial charge in [-0.1, -0.05) is 25.0 Å². The van der Waals surface area contributed by atoms with Crippen molar-refractivity contribution in [2.75, 3.05) is 0 Å². The molecule has 3 saturated carbocycles. The summed E-state index contributed by atoms with van der Waals surface area (Å²) in [5, 5.41) is 34.8. The Morgan fingerprint density at radius 1 is 1.03 bits per heavy atom. The van der Waals surface area contributed by atoms with Crippen molar-refractivity contribution in [1.29, 1.82) is 0 Å². The molecule has 3 fully saturated rings. The lowest BCUT2D eigenvalue weighted by molar-refractivity contribution is -0.202. The van der Waals surface area contributed by atoms with Gasteiger partial charge in [0.1, 0.15) is 17.8 Å². The lowest BCUT2D eigenvalue weighted by Crippen LogP contribution is -2.59. The molecule has 7 nitrogen and oxygen atoms in total. The second-order valence-electron chi connectivity index (χ2n) is 11.2. The highest BCUT2D eigenvalue weighted by atomic mass is 16.6. The standard InChI is InChI=1S/C24H36O7/c1-12-15-7-8-16-20(27)23(15,11-22(16,6)28)10-19(31-14(3)26)24(29)17(12)9-18(21(24,4)5)30-13(2)25/h16-20,27-29H,7-11H2,1-6H3/t16-,17+,18+,19-,20-,22-,23+,24+/m1/s1. The zero-order valence-corrected chi connectivity index (χ0v) is 19.4. The average molecular weight is 437 g/mol. The van der Waals surface area contributed by atoms with E-state index < -0.39 is 52.3 Å². The quantitative estimate of drug-likeness (QED) is 0.449. The number of carbonyl (C=O) groups is 2. The number of fused-ring (bicyclic) bond motifs is 2. The lowest BCUT2D eigenvalue weighted by atomic mass is 9.64. The van der Waals surface area contributed by atoms with Crippen molar-refractivity contribution in [2.45, 2.75) is 103 Å². The zero-order valence-electron chi connectivity index (χ0n) is 19.4. The number of aliphatic hydroxyl groups is 3. The molecule has 0 saturated heterocycles. The fraction of sp³-hybridized carbons (Fsp3) is 0.833. The van der Waals surface area contributed by atoms with Crippen LogP contribution in [0.3, 0.4) is 0 Å². The average Bonchev–Trinajstić information content (AvgIpc) is 2.84. The molecule has 2 bridgehead atoms. The second-order valence-corrected chi connectivity index (χ2v) is 11.2. The summed E-state index contributed by atoms with van der Waals surface area (Å²) in [6.45, 7) is 10.1. The summed E-state index contributed by atoms with van der Waals surface area (Å²) in [6.07, 6.45) is 0.209. The maximum absolute atomic E-state index is 12.3. The minimum Gasteiger partial charge on any atom is -0.462 e. The normalized spacial score (nSPS) is 48.0. The maximum atomic E-state index is 12.3. The summed E-state index contributed by atoms with van der Waals surface area (Å²) < 4.78 is 11.4. The topological polar surface area (TPSA) is 113 Å². The van der Waals surface area contributed by atoms with Crippen LogP contribution < -0.4 is 0 Å². The van der Waals surface area contributed by atoms with Crippen LogP contribution >= 0.6 is 0 Å². The van der Waals surface area contributed by atoms with E-state index in [-0.39, 0.29) is 18.3 Å². The molecule has 4 aliphatic rings. The zero-order chi connectivity index (χ0) is 23.1. The molecule has 3 N–H and O–H groups in total. The van der Waals surface area contributed by atoms with Crippen molar-refractivity contribution in [3.8, 4) is 0 Å². The largest absolute Gasteiger partial charge is 0.462 e. The van der Waals surface area contributed by atoms with Crippen LogP contribution in [0.5, 0.6) is 0 Å². The van der Waals surface area contributed by atoms with Gasteiger partial charge in [0.05, 0.1) is 11.7 Å². The molecule has 0 radical (unpaired) electrons. The van der Waals surface area contributed by atoms with Gasteiger partial charge < -0.3 is 24.8 Å². The first-order valence-corrected chi connectivity index (χ1v) is 11.4. The van der Waals surface area contributed by atoms with Crippen molar-refractivity contribution in [3.63, 3.8) is 0 Å². The Balaban J connectivity index is 1.91. The molecule has 7 heteroatoms. The van der Waals surface area contributed by atoms with Crippen LogP contribution in [0.1, 0.15) is 73.6 Å². The number of hydrogen-bond acceptors (Lipinski definition) is 7. The predicted molar refractivity (Wildman–Crippen MR) is 112 cm³/mol. The third-order valence-electron chi connectivity index (χ3n) is 9.20. The number of aliphatic hydroxyl groups excluding tert-OH is 1. The summed E-state index contributed by atoms with van der Waals surface area (Å²) in [5.41, 5.74) is -2.11. The number of carbonyl (C=O) groups excluding carboxylic acids is 2. The number of ether oxygens (including phenoxy) is 2. The molecule has 0 aromatic carbocycles. The molecular weight excluding hydrogens is 400 g/mol. The smallest absolute Gasteiger partial charge is 0.303 e. The fourth-order valence-electron chi connectivity index (χ4n) is 7.77. The number of esters is 2. The molecular formula is C24H36O7. The van der Waals surface area contributed by atoms with Gasteiger partial charge in [-0.05, 0) is 46.0 Å². The third kappa shape index (κ3) is 2.89. The number of rotatable bonds is 2. The van der Waals surface area contributed by atoms with Gasteiger partial charge in [0.25, 0.3) is 0 Å². The van der Waals surface area contributed by atoms with E-state index in [0.717, 1.165) is 17.6 Å². The first kappa shape index (κ1) is 22.7. The van der Waals surface area contributed by atoms with E-state index >= 15 is 0 Å². The fourth-order valence-corrected chi connectivity index (χ4v) is 7.77. The Morgan fingerprint density at radius 3 is 2.19 bits per heavy atom. The maximum Gasteiger partial charge on any atom is 0.303 e. The molecule has 0 unspecified atom stereocenters. The first-order valence-electron chi connectivity index (χ1n) is 11.4. The van der Waals surface area contributed by atoms with Crippen molar-refractivity contribution < 1.29 is 34.4 Å². The Hall–Kier alpha value is -1.44. The summed E-state index contributed by atoms with van der Waals surface area (Å²) in [5.74, 6) is -1.56. The summed E-state index contributed by atoms with van der Waals surface area (Å²) in [6, 6.07) is 0. The van der Waals surface area contributed by atoms with Crippen molar-refractivity contribution in [1.82, 2.24) is 0 Å². The van der Waals surface area contributed by atoms with Crippen molar-refractivity contribution >= 4 is 11.9 Å². The van der Waals surface area contributed by atoms with E-state index in [9.17, 15) is 24.9 Å². The van der Waals surface area contributed by atoms with Crippen molar-refractivity contribution in [2.24, 2.45) is 22.7 Å². The van der Waals surface area contributed by atoms with E-state index in [1.807, 2.05) is 20.8 Å². The molecule has 4 rings (SSSR count). The van der Waals surface area contributed by atoms with Gasteiger partial charge in [0.15, 0.2) is 0 Å². The second kappa shape index (κ2) is 6.78. The summed E-state index contributed by atoms with van der Waals surface area (Å²) >= 11 is 0. The number of hydrogen-bond donors (Lipinski definition) is 3. The minimum atomic E-state index is -1.48. The molecule has 174 valence electrons. The van der Waals surface area contributed by atoms with E-state index in [0.29, 0.717) is 19.3 Å². The SMILES string of the molecule is CC(=O)O[C@H]1C[C@H]2C(C)=C3CC[C@@H]4[C@@H](O)[C@@]3(C[C@@H](OC(C)=O)[C@]2(O)C1(C)C)C[C@@]4(C)O. The molecule has 8 atom stereocenters. The summed E-state index contributed by atoms with van der Waals surface area (Å²) in [4.78, 5) is 23.9. The molecule has 0 aromatic rings. The van der Waals surface area contributed by atoms with Gasteiger partial charge in [-0.2, -0.15) is 0 Å². The molecule has 31 heavy (non-hydrogen) atoms. The van der Waals surface area contributed by atoms with Crippen LogP contribution in [-0.2, 0) is 19.1 Å². The van der Waals surface area contributed by atoms with Gasteiger partial charge >= 0.3 is 11.9 Å². The van der Waals surface area contributed by atoms with Crippen LogP contribution in [0.25, 0.3) is 0 Å². The Labute approximate surface area is 183 Å². The Kier molecular flexibility index (Phi) is 4.97. The van der Waals surface area contributed by atoms with E-state index in [4.69, 9.17) is 9.47 Å². The van der Waals surface area contributed by atoms with E-state index in [1.54, 1.807) is 6.92 Å². The lowest BCUT2D eigenvalue weighted by Gasteiger charge is -2.47. The predicted octanol–water partition coefficient (Wildman–Crippen LogP) is 2.26. The Morgan fingerprint density at radius 2 is 1.61 bits per heavy atom. The van der Waals surface area contributed by atoms with Gasteiger partial charge in [-0.15, -0.1) is 0 Å². The Bertz CT molecular complexity index is 843. The van der Waals surface area contributed by atoms with Crippen LogP contribution in [0.4, 0.5) is 0 Å². The van der Waals surface area contributed by atoms with Gasteiger partial charge in [0, 0.05) is 36.5 Å². The minimum absolute atomic E-state index is 0.232. The molecule has 0 aromatic heterocycles. The van der Waals surface area contributed by atoms with E-state index in [1.165, 1.54) is 13.8 Å². The van der Waals surface area contributed by atoms with Crippen LogP contribution in [-0.4, -0.2) is 56.8 Å². The van der Waals surface area contributed by atoms with Gasteiger partial charge in [0.2, 0.25) is 0 Å². The molecule has 0 aliphatic heterocycles. The van der Waals surface area contributed by atoms with Crippen LogP contribution in [0.15, 0.2) is 11.1 Å². The highest BCUT2D eigenvalue weighted by Crippen LogP contribution is 2.67. The first-order chi connectivity index (χ1) is 14.2. The van der Waals surface area contributed by atoms with Crippen LogP contribution in [0, 0.1) is 22.7 Å². The van der Waals surface area contributed by atoms with Crippen molar-refractivity contribution in [3.05, 3.63) is 11.1 Å². The highest BCUT2D eigenvalue weighted by Gasteiger charge is 2.72. The molecule has 0 amide bonds.